The van der Waals surface area contributed by atoms with Crippen molar-refractivity contribution in [2.45, 2.75) is 26.3 Å². The Hall–Kier alpha value is -1.85. The molecule has 0 aliphatic heterocycles. The summed E-state index contributed by atoms with van der Waals surface area (Å²) in [6.07, 6.45) is 4.31. The summed E-state index contributed by atoms with van der Waals surface area (Å²) in [4.78, 5) is 12.2. The minimum atomic E-state index is -0.556. The molecular formula is C15H19ClN4O. The van der Waals surface area contributed by atoms with Crippen LogP contribution in [-0.2, 0) is 4.79 Å². The van der Waals surface area contributed by atoms with Gasteiger partial charge in [0.25, 0.3) is 0 Å². The van der Waals surface area contributed by atoms with E-state index >= 15 is 0 Å². The van der Waals surface area contributed by atoms with Gasteiger partial charge in [0.15, 0.2) is 0 Å². The number of aromatic nitrogens is 2. The first-order valence-corrected chi connectivity index (χ1v) is 7.26. The number of carbonyl (C=O) groups is 1. The fourth-order valence-corrected chi connectivity index (χ4v) is 2.12. The van der Waals surface area contributed by atoms with Crippen LogP contribution in [0.15, 0.2) is 36.7 Å². The van der Waals surface area contributed by atoms with Crippen LogP contribution in [0.25, 0.3) is 5.69 Å². The minimum Gasteiger partial charge on any atom is -0.323 e. The Labute approximate surface area is 129 Å². The van der Waals surface area contributed by atoms with Crippen molar-refractivity contribution in [3.05, 3.63) is 41.7 Å². The lowest BCUT2D eigenvalue weighted by Crippen LogP contribution is -2.40. The van der Waals surface area contributed by atoms with E-state index in [2.05, 4.69) is 10.4 Å². The van der Waals surface area contributed by atoms with Crippen LogP contribution >= 0.6 is 11.6 Å². The average Bonchev–Trinajstić information content (AvgIpc) is 2.99. The van der Waals surface area contributed by atoms with Crippen LogP contribution in [0.3, 0.4) is 0 Å². The lowest BCUT2D eigenvalue weighted by Gasteiger charge is -2.19. The standard InChI is InChI=1S/C15H19ClN4O/c1-3-10(2)14(17)15(21)19-12-9-11(16)5-6-13(12)20-8-4-7-18-20/h4-10,14H,3,17H2,1-2H3,(H,19,21). The second-order valence-corrected chi connectivity index (χ2v) is 5.45. The van der Waals surface area contributed by atoms with E-state index in [1.807, 2.05) is 19.9 Å². The third-order valence-electron chi connectivity index (χ3n) is 3.53. The number of nitrogens with one attached hydrogen (secondary N) is 1. The highest BCUT2D eigenvalue weighted by atomic mass is 35.5. The topological polar surface area (TPSA) is 72.9 Å². The van der Waals surface area contributed by atoms with Gasteiger partial charge in [-0.2, -0.15) is 5.10 Å². The third-order valence-corrected chi connectivity index (χ3v) is 3.76. The molecule has 2 aromatic rings. The van der Waals surface area contributed by atoms with Gasteiger partial charge in [0.1, 0.15) is 0 Å². The van der Waals surface area contributed by atoms with E-state index in [9.17, 15) is 4.79 Å². The van der Waals surface area contributed by atoms with Crippen molar-refractivity contribution in [3.63, 3.8) is 0 Å². The molecule has 0 radical (unpaired) electrons. The highest BCUT2D eigenvalue weighted by Crippen LogP contribution is 2.24. The fraction of sp³-hybridized carbons (Fsp3) is 0.333. The summed E-state index contributed by atoms with van der Waals surface area (Å²) in [6, 6.07) is 6.51. The molecule has 21 heavy (non-hydrogen) atoms. The Kier molecular flexibility index (Phi) is 4.98. The van der Waals surface area contributed by atoms with Crippen molar-refractivity contribution in [1.29, 1.82) is 0 Å². The first kappa shape index (κ1) is 15.5. The molecule has 1 amide bonds. The molecule has 2 atom stereocenters. The Morgan fingerprint density at radius 2 is 2.29 bits per heavy atom. The summed E-state index contributed by atoms with van der Waals surface area (Å²) < 4.78 is 1.67. The molecule has 2 rings (SSSR count). The van der Waals surface area contributed by atoms with E-state index in [4.69, 9.17) is 17.3 Å². The summed E-state index contributed by atoms with van der Waals surface area (Å²) in [5, 5.41) is 7.56. The molecule has 0 saturated carbocycles. The highest BCUT2D eigenvalue weighted by Gasteiger charge is 2.20. The number of carbonyl (C=O) groups excluding carboxylic acids is 1. The molecule has 2 unspecified atom stereocenters. The van der Waals surface area contributed by atoms with Gasteiger partial charge in [-0.1, -0.05) is 31.9 Å². The first-order valence-electron chi connectivity index (χ1n) is 6.89. The average molecular weight is 307 g/mol. The number of rotatable bonds is 5. The van der Waals surface area contributed by atoms with E-state index in [0.717, 1.165) is 12.1 Å². The maximum absolute atomic E-state index is 12.2. The van der Waals surface area contributed by atoms with Crippen molar-refractivity contribution in [2.75, 3.05) is 5.32 Å². The van der Waals surface area contributed by atoms with Gasteiger partial charge in [-0.05, 0) is 30.2 Å². The summed E-state index contributed by atoms with van der Waals surface area (Å²) in [5.74, 6) is -0.114. The van der Waals surface area contributed by atoms with Crippen LogP contribution < -0.4 is 11.1 Å². The van der Waals surface area contributed by atoms with Crippen molar-refractivity contribution in [1.82, 2.24) is 9.78 Å². The molecule has 1 aromatic carbocycles. The Morgan fingerprint density at radius 1 is 1.52 bits per heavy atom. The Bertz CT molecular complexity index is 612. The van der Waals surface area contributed by atoms with E-state index < -0.39 is 6.04 Å². The largest absolute Gasteiger partial charge is 0.323 e. The SMILES string of the molecule is CCC(C)C(N)C(=O)Nc1cc(Cl)ccc1-n1cccn1. The fourth-order valence-electron chi connectivity index (χ4n) is 1.95. The molecule has 1 aromatic heterocycles. The predicted octanol–water partition coefficient (Wildman–Crippen LogP) is 2.84. The van der Waals surface area contributed by atoms with Crippen LogP contribution in [0.5, 0.6) is 0 Å². The second-order valence-electron chi connectivity index (χ2n) is 5.01. The van der Waals surface area contributed by atoms with Crippen molar-refractivity contribution in [2.24, 2.45) is 11.7 Å². The van der Waals surface area contributed by atoms with Crippen molar-refractivity contribution < 1.29 is 4.79 Å². The van der Waals surface area contributed by atoms with Gasteiger partial charge in [-0.3, -0.25) is 4.79 Å². The third kappa shape index (κ3) is 3.62. The van der Waals surface area contributed by atoms with E-state index in [-0.39, 0.29) is 11.8 Å². The minimum absolute atomic E-state index is 0.109. The monoisotopic (exact) mass is 306 g/mol. The molecule has 0 saturated heterocycles. The van der Waals surface area contributed by atoms with Gasteiger partial charge in [-0.15, -0.1) is 0 Å². The number of hydrogen-bond acceptors (Lipinski definition) is 3. The van der Waals surface area contributed by atoms with Crippen LogP contribution in [-0.4, -0.2) is 21.7 Å². The molecule has 0 spiro atoms. The molecule has 1 heterocycles. The number of anilines is 1. The second kappa shape index (κ2) is 6.74. The van der Waals surface area contributed by atoms with Crippen LogP contribution in [0, 0.1) is 5.92 Å². The Morgan fingerprint density at radius 3 is 2.90 bits per heavy atom. The molecular weight excluding hydrogens is 288 g/mol. The van der Waals surface area contributed by atoms with E-state index in [1.165, 1.54) is 0 Å². The molecule has 3 N–H and O–H groups in total. The number of halogens is 1. The molecule has 6 heteroatoms. The zero-order chi connectivity index (χ0) is 15.4. The van der Waals surface area contributed by atoms with Crippen molar-refractivity contribution in [3.8, 4) is 5.69 Å². The summed E-state index contributed by atoms with van der Waals surface area (Å²) >= 11 is 6.02. The molecule has 0 aliphatic rings. The maximum Gasteiger partial charge on any atom is 0.241 e. The smallest absolute Gasteiger partial charge is 0.241 e. The van der Waals surface area contributed by atoms with E-state index in [1.54, 1.807) is 35.3 Å². The van der Waals surface area contributed by atoms with Crippen LogP contribution in [0.2, 0.25) is 5.02 Å². The lowest BCUT2D eigenvalue weighted by molar-refractivity contribution is -0.118. The number of nitrogens with two attached hydrogens (primary N) is 1. The van der Waals surface area contributed by atoms with Gasteiger partial charge in [0.05, 0.1) is 17.4 Å². The van der Waals surface area contributed by atoms with Crippen LogP contribution in [0.1, 0.15) is 20.3 Å². The van der Waals surface area contributed by atoms with Gasteiger partial charge in [0, 0.05) is 17.4 Å². The summed E-state index contributed by atoms with van der Waals surface area (Å²) in [5.41, 5.74) is 7.30. The normalized spacial score (nSPS) is 13.7. The molecule has 0 aliphatic carbocycles. The zero-order valence-corrected chi connectivity index (χ0v) is 12.8. The van der Waals surface area contributed by atoms with Gasteiger partial charge in [0.2, 0.25) is 5.91 Å². The molecule has 5 nitrogen and oxygen atoms in total. The molecule has 0 fully saturated rings. The molecule has 112 valence electrons. The summed E-state index contributed by atoms with van der Waals surface area (Å²) in [6.45, 7) is 3.96. The number of hydrogen-bond donors (Lipinski definition) is 2. The quantitative estimate of drug-likeness (QED) is 0.892. The maximum atomic E-state index is 12.2. The number of nitrogens with zero attached hydrogens (tertiary/aromatic N) is 2. The number of benzene rings is 1. The molecule has 0 bridgehead atoms. The Balaban J connectivity index is 2.27. The predicted molar refractivity (Wildman–Crippen MR) is 84.6 cm³/mol. The van der Waals surface area contributed by atoms with Gasteiger partial charge >= 0.3 is 0 Å². The van der Waals surface area contributed by atoms with Crippen LogP contribution in [0.4, 0.5) is 5.69 Å². The zero-order valence-electron chi connectivity index (χ0n) is 12.1. The number of amides is 1. The first-order chi connectivity index (χ1) is 10.0. The van der Waals surface area contributed by atoms with E-state index in [0.29, 0.717) is 10.7 Å². The van der Waals surface area contributed by atoms with Crippen molar-refractivity contribution >= 4 is 23.2 Å². The van der Waals surface area contributed by atoms with Gasteiger partial charge < -0.3 is 11.1 Å². The van der Waals surface area contributed by atoms with Gasteiger partial charge in [-0.25, -0.2) is 4.68 Å². The summed E-state index contributed by atoms with van der Waals surface area (Å²) in [7, 11) is 0. The lowest BCUT2D eigenvalue weighted by atomic mass is 9.99. The highest BCUT2D eigenvalue weighted by molar-refractivity contribution is 6.31.